The third-order valence-corrected chi connectivity index (χ3v) is 4.93. The Labute approximate surface area is 180 Å². The van der Waals surface area contributed by atoms with E-state index >= 15 is 0 Å². The van der Waals surface area contributed by atoms with Crippen LogP contribution in [0, 0.1) is 0 Å². The quantitative estimate of drug-likeness (QED) is 0.446. The number of likely N-dealkylation sites (N-methyl/N-ethyl adjacent to an activating group) is 1. The SMILES string of the molecule is COc1cccc(-c2noc(CN(C)C(=O)[C@@H](C)Oc3ccc4ccccc4c3)n2)c1. The van der Waals surface area contributed by atoms with Crippen LogP contribution in [0.4, 0.5) is 0 Å². The van der Waals surface area contributed by atoms with Crippen molar-refractivity contribution >= 4 is 16.7 Å². The average molecular weight is 417 g/mol. The molecule has 31 heavy (non-hydrogen) atoms. The second-order valence-electron chi connectivity index (χ2n) is 7.21. The Bertz CT molecular complexity index is 1200. The van der Waals surface area contributed by atoms with Gasteiger partial charge in [-0.1, -0.05) is 47.6 Å². The van der Waals surface area contributed by atoms with Gasteiger partial charge in [-0.15, -0.1) is 0 Å². The minimum Gasteiger partial charge on any atom is -0.497 e. The van der Waals surface area contributed by atoms with Crippen molar-refractivity contribution in [2.75, 3.05) is 14.2 Å². The highest BCUT2D eigenvalue weighted by atomic mass is 16.5. The van der Waals surface area contributed by atoms with E-state index in [0.717, 1.165) is 16.3 Å². The monoisotopic (exact) mass is 417 g/mol. The van der Waals surface area contributed by atoms with Crippen LogP contribution >= 0.6 is 0 Å². The Hall–Kier alpha value is -3.87. The third kappa shape index (κ3) is 4.66. The molecule has 0 saturated heterocycles. The first kappa shape index (κ1) is 20.4. The van der Waals surface area contributed by atoms with Gasteiger partial charge in [0.2, 0.25) is 11.7 Å². The Morgan fingerprint density at radius 2 is 1.84 bits per heavy atom. The number of hydrogen-bond acceptors (Lipinski definition) is 6. The molecule has 0 unspecified atom stereocenters. The number of fused-ring (bicyclic) bond motifs is 1. The van der Waals surface area contributed by atoms with Crippen LogP contribution in [0.2, 0.25) is 0 Å². The summed E-state index contributed by atoms with van der Waals surface area (Å²) in [6.07, 6.45) is -0.660. The van der Waals surface area contributed by atoms with Crippen LogP contribution in [-0.2, 0) is 11.3 Å². The summed E-state index contributed by atoms with van der Waals surface area (Å²) >= 11 is 0. The van der Waals surface area contributed by atoms with Crippen molar-refractivity contribution in [3.05, 3.63) is 72.6 Å². The molecule has 0 saturated carbocycles. The fourth-order valence-corrected chi connectivity index (χ4v) is 3.28. The lowest BCUT2D eigenvalue weighted by molar-refractivity contribution is -0.137. The Kier molecular flexibility index (Phi) is 5.84. The van der Waals surface area contributed by atoms with E-state index in [9.17, 15) is 4.79 Å². The number of carbonyl (C=O) groups excluding carboxylic acids is 1. The van der Waals surface area contributed by atoms with Crippen LogP contribution < -0.4 is 9.47 Å². The van der Waals surface area contributed by atoms with Crippen molar-refractivity contribution in [1.82, 2.24) is 15.0 Å². The molecule has 0 bridgehead atoms. The predicted molar refractivity (Wildman–Crippen MR) is 117 cm³/mol. The number of aromatic nitrogens is 2. The lowest BCUT2D eigenvalue weighted by Crippen LogP contribution is -2.37. The molecule has 7 heteroatoms. The molecule has 4 aromatic rings. The molecule has 0 aliphatic carbocycles. The molecule has 7 nitrogen and oxygen atoms in total. The van der Waals surface area contributed by atoms with E-state index in [4.69, 9.17) is 14.0 Å². The van der Waals surface area contributed by atoms with E-state index in [2.05, 4.69) is 10.1 Å². The molecule has 0 fully saturated rings. The van der Waals surface area contributed by atoms with Gasteiger partial charge in [-0.2, -0.15) is 4.98 Å². The van der Waals surface area contributed by atoms with Crippen LogP contribution in [0.15, 0.2) is 71.3 Å². The molecule has 0 aliphatic heterocycles. The Balaban J connectivity index is 1.40. The average Bonchev–Trinajstić information content (AvgIpc) is 3.27. The number of carbonyl (C=O) groups is 1. The largest absolute Gasteiger partial charge is 0.497 e. The molecule has 1 heterocycles. The molecule has 1 amide bonds. The lowest BCUT2D eigenvalue weighted by Gasteiger charge is -2.21. The summed E-state index contributed by atoms with van der Waals surface area (Å²) in [7, 11) is 3.28. The van der Waals surface area contributed by atoms with Gasteiger partial charge in [0.25, 0.3) is 5.91 Å². The number of hydrogen-bond donors (Lipinski definition) is 0. The molecule has 0 radical (unpaired) electrons. The molecule has 3 aromatic carbocycles. The van der Waals surface area contributed by atoms with Crippen LogP contribution in [0.25, 0.3) is 22.2 Å². The summed E-state index contributed by atoms with van der Waals surface area (Å²) in [6.45, 7) is 1.91. The zero-order valence-corrected chi connectivity index (χ0v) is 17.6. The van der Waals surface area contributed by atoms with Gasteiger partial charge in [0.1, 0.15) is 11.5 Å². The van der Waals surface area contributed by atoms with E-state index in [-0.39, 0.29) is 12.5 Å². The van der Waals surface area contributed by atoms with Gasteiger partial charge in [0.05, 0.1) is 13.7 Å². The molecule has 4 rings (SSSR count). The van der Waals surface area contributed by atoms with E-state index < -0.39 is 6.10 Å². The zero-order chi connectivity index (χ0) is 21.8. The molecular formula is C24H23N3O4. The number of ether oxygens (including phenoxy) is 2. The topological polar surface area (TPSA) is 77.7 Å². The van der Waals surface area contributed by atoms with E-state index in [1.165, 1.54) is 4.90 Å². The molecule has 0 N–H and O–H groups in total. The third-order valence-electron chi connectivity index (χ3n) is 4.93. The van der Waals surface area contributed by atoms with Gasteiger partial charge in [0, 0.05) is 12.6 Å². The van der Waals surface area contributed by atoms with Crippen molar-refractivity contribution in [1.29, 1.82) is 0 Å². The second-order valence-corrected chi connectivity index (χ2v) is 7.21. The number of rotatable bonds is 7. The van der Waals surface area contributed by atoms with Gasteiger partial charge in [-0.25, -0.2) is 0 Å². The number of benzene rings is 3. The normalized spacial score (nSPS) is 11.8. The van der Waals surface area contributed by atoms with E-state index in [1.807, 2.05) is 66.7 Å². The molecule has 158 valence electrons. The Morgan fingerprint density at radius 1 is 1.03 bits per heavy atom. The highest BCUT2D eigenvalue weighted by molar-refractivity contribution is 5.84. The summed E-state index contributed by atoms with van der Waals surface area (Å²) in [5.74, 6) is 1.94. The van der Waals surface area contributed by atoms with Gasteiger partial charge in [0.15, 0.2) is 6.10 Å². The molecule has 0 spiro atoms. The first-order chi connectivity index (χ1) is 15.0. The predicted octanol–water partition coefficient (Wildman–Crippen LogP) is 4.32. The maximum Gasteiger partial charge on any atom is 0.263 e. The zero-order valence-electron chi connectivity index (χ0n) is 17.6. The number of nitrogens with zero attached hydrogens (tertiary/aromatic N) is 3. The van der Waals surface area contributed by atoms with E-state index in [0.29, 0.717) is 23.2 Å². The minimum atomic E-state index is -0.660. The van der Waals surface area contributed by atoms with Gasteiger partial charge < -0.3 is 18.9 Å². The summed E-state index contributed by atoms with van der Waals surface area (Å²) < 4.78 is 16.4. The first-order valence-electron chi connectivity index (χ1n) is 9.91. The van der Waals surface area contributed by atoms with Crippen molar-refractivity contribution in [3.8, 4) is 22.9 Å². The second kappa shape index (κ2) is 8.87. The summed E-state index contributed by atoms with van der Waals surface area (Å²) in [6, 6.07) is 21.2. The standard InChI is InChI=1S/C24H23N3O4/c1-16(30-21-12-11-17-7-4-5-8-18(17)13-21)24(28)27(2)15-22-25-23(26-31-22)19-9-6-10-20(14-19)29-3/h4-14,16H,15H2,1-3H3/t16-/m1/s1. The van der Waals surface area contributed by atoms with Crippen molar-refractivity contribution < 1.29 is 18.8 Å². The van der Waals surface area contributed by atoms with Gasteiger partial charge in [-0.05, 0) is 42.0 Å². The van der Waals surface area contributed by atoms with Crippen LogP contribution in [0.3, 0.4) is 0 Å². The highest BCUT2D eigenvalue weighted by Crippen LogP contribution is 2.23. The van der Waals surface area contributed by atoms with Crippen LogP contribution in [0.5, 0.6) is 11.5 Å². The smallest absolute Gasteiger partial charge is 0.263 e. The Morgan fingerprint density at radius 3 is 2.65 bits per heavy atom. The fraction of sp³-hybridized carbons (Fsp3) is 0.208. The van der Waals surface area contributed by atoms with Crippen molar-refractivity contribution in [3.63, 3.8) is 0 Å². The summed E-state index contributed by atoms with van der Waals surface area (Å²) in [5.41, 5.74) is 0.774. The van der Waals surface area contributed by atoms with Gasteiger partial charge in [-0.3, -0.25) is 4.79 Å². The number of amides is 1. The fourth-order valence-electron chi connectivity index (χ4n) is 3.28. The van der Waals surface area contributed by atoms with E-state index in [1.54, 1.807) is 21.1 Å². The molecular weight excluding hydrogens is 394 g/mol. The van der Waals surface area contributed by atoms with Crippen LogP contribution in [-0.4, -0.2) is 41.2 Å². The molecule has 1 atom stereocenters. The maximum absolute atomic E-state index is 12.8. The first-order valence-corrected chi connectivity index (χ1v) is 9.91. The molecule has 1 aromatic heterocycles. The van der Waals surface area contributed by atoms with Crippen molar-refractivity contribution in [2.45, 2.75) is 19.6 Å². The summed E-state index contributed by atoms with van der Waals surface area (Å²) in [4.78, 5) is 18.7. The maximum atomic E-state index is 12.8. The van der Waals surface area contributed by atoms with Gasteiger partial charge >= 0.3 is 0 Å². The summed E-state index contributed by atoms with van der Waals surface area (Å²) in [5, 5.41) is 6.18. The minimum absolute atomic E-state index is 0.182. The van der Waals surface area contributed by atoms with Crippen molar-refractivity contribution in [2.24, 2.45) is 0 Å². The lowest BCUT2D eigenvalue weighted by atomic mass is 10.1. The van der Waals surface area contributed by atoms with Crippen LogP contribution in [0.1, 0.15) is 12.8 Å². The molecule has 0 aliphatic rings. The highest BCUT2D eigenvalue weighted by Gasteiger charge is 2.21. The number of methoxy groups -OCH3 is 1.